The van der Waals surface area contributed by atoms with Gasteiger partial charge in [0.2, 0.25) is 11.8 Å². The largest absolute Gasteiger partial charge is 0.356 e. The van der Waals surface area contributed by atoms with Gasteiger partial charge in [-0.1, -0.05) is 16.8 Å². The minimum Gasteiger partial charge on any atom is -0.356 e. The third-order valence-corrected chi connectivity index (χ3v) is 4.82. The molecule has 9 heteroatoms. The van der Waals surface area contributed by atoms with E-state index < -0.39 is 9.84 Å². The first-order valence-corrected chi connectivity index (χ1v) is 9.00. The molecule has 2 aromatic rings. The zero-order chi connectivity index (χ0) is 16.9. The Morgan fingerprint density at radius 1 is 1.30 bits per heavy atom. The Morgan fingerprint density at radius 3 is 2.65 bits per heavy atom. The molecule has 0 aliphatic rings. The molecule has 0 bridgehead atoms. The van der Waals surface area contributed by atoms with E-state index in [1.807, 2.05) is 6.92 Å². The van der Waals surface area contributed by atoms with Crippen molar-refractivity contribution in [2.75, 3.05) is 6.54 Å². The van der Waals surface area contributed by atoms with Crippen LogP contribution in [0.1, 0.15) is 25.1 Å². The van der Waals surface area contributed by atoms with E-state index in [4.69, 9.17) is 16.1 Å². The molecule has 7 nitrogen and oxygen atoms in total. The highest BCUT2D eigenvalue weighted by atomic mass is 35.5. The molecule has 1 aromatic heterocycles. The van der Waals surface area contributed by atoms with Crippen molar-refractivity contribution >= 4 is 27.3 Å². The average Bonchev–Trinajstić information content (AvgIpc) is 2.93. The van der Waals surface area contributed by atoms with Gasteiger partial charge in [0.1, 0.15) is 5.75 Å². The molecule has 23 heavy (non-hydrogen) atoms. The van der Waals surface area contributed by atoms with Gasteiger partial charge in [-0.15, -0.1) is 0 Å². The van der Waals surface area contributed by atoms with Crippen LogP contribution in [0.2, 0.25) is 5.02 Å². The molecule has 0 atom stereocenters. The Kier molecular flexibility index (Phi) is 5.73. The van der Waals surface area contributed by atoms with Crippen LogP contribution < -0.4 is 5.32 Å². The summed E-state index contributed by atoms with van der Waals surface area (Å²) in [6.45, 7) is 2.37. The van der Waals surface area contributed by atoms with Crippen LogP contribution in [0, 0.1) is 0 Å². The van der Waals surface area contributed by atoms with Crippen molar-refractivity contribution in [3.63, 3.8) is 0 Å². The molecule has 0 saturated carbocycles. The fraction of sp³-hybridized carbons (Fsp3) is 0.357. The van der Waals surface area contributed by atoms with Crippen molar-refractivity contribution in [1.29, 1.82) is 0 Å². The van der Waals surface area contributed by atoms with Gasteiger partial charge in [0.05, 0.1) is 4.90 Å². The normalized spacial score (nSPS) is 11.4. The second kappa shape index (κ2) is 7.56. The molecule has 0 fully saturated rings. The van der Waals surface area contributed by atoms with E-state index in [1.165, 1.54) is 24.3 Å². The van der Waals surface area contributed by atoms with Gasteiger partial charge in [-0.3, -0.25) is 4.79 Å². The predicted molar refractivity (Wildman–Crippen MR) is 83.6 cm³/mol. The molecule has 124 valence electrons. The number of nitrogens with one attached hydrogen (secondary N) is 1. The number of benzene rings is 1. The standard InChI is InChI=1S/C14H16ClN3O4S/c1-2-16-13(19)7-8-14-17-12(18-22-14)9-23(20,21)11-5-3-10(15)4-6-11/h3-6H,2,7-9H2,1H3,(H,16,19). The highest BCUT2D eigenvalue weighted by Gasteiger charge is 2.19. The molecule has 0 unspecified atom stereocenters. The third kappa shape index (κ3) is 5.04. The molecule has 0 saturated heterocycles. The lowest BCUT2D eigenvalue weighted by atomic mass is 10.3. The number of amides is 1. The Bertz CT molecular complexity index is 772. The van der Waals surface area contributed by atoms with Crippen molar-refractivity contribution in [2.45, 2.75) is 30.4 Å². The van der Waals surface area contributed by atoms with Gasteiger partial charge in [0, 0.05) is 24.4 Å². The first-order valence-electron chi connectivity index (χ1n) is 6.97. The molecular formula is C14H16ClN3O4S. The maximum atomic E-state index is 12.2. The minimum atomic E-state index is -3.58. The number of nitrogens with zero attached hydrogens (tertiary/aromatic N) is 2. The van der Waals surface area contributed by atoms with Gasteiger partial charge in [-0.25, -0.2) is 8.42 Å². The third-order valence-electron chi connectivity index (χ3n) is 2.94. The molecule has 1 amide bonds. The Hall–Kier alpha value is -1.93. The topological polar surface area (TPSA) is 102 Å². The number of aryl methyl sites for hydroxylation is 1. The number of halogens is 1. The lowest BCUT2D eigenvalue weighted by Crippen LogP contribution is -2.22. The summed E-state index contributed by atoms with van der Waals surface area (Å²) in [4.78, 5) is 15.5. The van der Waals surface area contributed by atoms with Crippen LogP contribution in [-0.2, 0) is 26.8 Å². The minimum absolute atomic E-state index is 0.0610. The van der Waals surface area contributed by atoms with E-state index in [2.05, 4.69) is 15.5 Å². The van der Waals surface area contributed by atoms with Crippen LogP contribution in [0.5, 0.6) is 0 Å². The van der Waals surface area contributed by atoms with E-state index in [0.717, 1.165) is 0 Å². The fourth-order valence-corrected chi connectivity index (χ4v) is 3.15. The summed E-state index contributed by atoms with van der Waals surface area (Å²) in [5, 5.41) is 6.75. The molecule has 0 aliphatic carbocycles. The summed E-state index contributed by atoms with van der Waals surface area (Å²) in [5.74, 6) is -0.205. The summed E-state index contributed by atoms with van der Waals surface area (Å²) in [5.41, 5.74) is 0. The molecule has 1 N–H and O–H groups in total. The van der Waals surface area contributed by atoms with Crippen LogP contribution >= 0.6 is 11.6 Å². The number of hydrogen-bond acceptors (Lipinski definition) is 6. The molecule has 1 heterocycles. The SMILES string of the molecule is CCNC(=O)CCc1nc(CS(=O)(=O)c2ccc(Cl)cc2)no1. The molecular weight excluding hydrogens is 342 g/mol. The van der Waals surface area contributed by atoms with Crippen LogP contribution in [0.15, 0.2) is 33.7 Å². The van der Waals surface area contributed by atoms with Crippen molar-refractivity contribution < 1.29 is 17.7 Å². The van der Waals surface area contributed by atoms with Gasteiger partial charge in [0.25, 0.3) is 0 Å². The highest BCUT2D eigenvalue weighted by Crippen LogP contribution is 2.18. The first-order chi connectivity index (χ1) is 10.9. The lowest BCUT2D eigenvalue weighted by molar-refractivity contribution is -0.121. The van der Waals surface area contributed by atoms with E-state index in [0.29, 0.717) is 11.6 Å². The van der Waals surface area contributed by atoms with E-state index in [9.17, 15) is 13.2 Å². The zero-order valence-corrected chi connectivity index (χ0v) is 14.0. The van der Waals surface area contributed by atoms with Crippen molar-refractivity contribution in [2.24, 2.45) is 0 Å². The monoisotopic (exact) mass is 357 g/mol. The van der Waals surface area contributed by atoms with Crippen molar-refractivity contribution in [1.82, 2.24) is 15.5 Å². The highest BCUT2D eigenvalue weighted by molar-refractivity contribution is 7.90. The number of carbonyl (C=O) groups excluding carboxylic acids is 1. The van der Waals surface area contributed by atoms with Crippen LogP contribution in [0.4, 0.5) is 0 Å². The predicted octanol–water partition coefficient (Wildman–Crippen LogP) is 1.77. The summed E-state index contributed by atoms with van der Waals surface area (Å²) in [6, 6.07) is 5.85. The molecule has 0 aliphatic heterocycles. The van der Waals surface area contributed by atoms with Gasteiger partial charge < -0.3 is 9.84 Å². The maximum Gasteiger partial charge on any atom is 0.227 e. The number of carbonyl (C=O) groups is 1. The Morgan fingerprint density at radius 2 is 2.00 bits per heavy atom. The summed E-state index contributed by atoms with van der Waals surface area (Å²) >= 11 is 5.74. The lowest BCUT2D eigenvalue weighted by Gasteiger charge is -2.01. The van der Waals surface area contributed by atoms with Gasteiger partial charge in [-0.05, 0) is 31.2 Å². The average molecular weight is 358 g/mol. The Labute approximate surface area is 139 Å². The second-order valence-electron chi connectivity index (χ2n) is 4.77. The zero-order valence-electron chi connectivity index (χ0n) is 12.5. The van der Waals surface area contributed by atoms with Gasteiger partial charge in [-0.2, -0.15) is 4.98 Å². The molecule has 2 rings (SSSR count). The summed E-state index contributed by atoms with van der Waals surface area (Å²) in [7, 11) is -3.58. The van der Waals surface area contributed by atoms with Crippen LogP contribution in [0.3, 0.4) is 0 Å². The maximum absolute atomic E-state index is 12.2. The fourth-order valence-electron chi connectivity index (χ4n) is 1.85. The van der Waals surface area contributed by atoms with Crippen LogP contribution in [0.25, 0.3) is 0 Å². The quantitative estimate of drug-likeness (QED) is 0.810. The smallest absolute Gasteiger partial charge is 0.227 e. The second-order valence-corrected chi connectivity index (χ2v) is 7.20. The summed E-state index contributed by atoms with van der Waals surface area (Å²) < 4.78 is 29.5. The van der Waals surface area contributed by atoms with Crippen molar-refractivity contribution in [3.05, 3.63) is 41.0 Å². The Balaban J connectivity index is 2.00. The van der Waals surface area contributed by atoms with E-state index in [1.54, 1.807) is 0 Å². The van der Waals surface area contributed by atoms with E-state index in [-0.39, 0.29) is 41.1 Å². The van der Waals surface area contributed by atoms with Gasteiger partial charge >= 0.3 is 0 Å². The number of rotatable bonds is 7. The number of sulfone groups is 1. The molecule has 1 aromatic carbocycles. The molecule has 0 radical (unpaired) electrons. The van der Waals surface area contributed by atoms with E-state index >= 15 is 0 Å². The number of hydrogen-bond donors (Lipinski definition) is 1. The molecule has 0 spiro atoms. The summed E-state index contributed by atoms with van der Waals surface area (Å²) in [6.07, 6.45) is 0.471. The van der Waals surface area contributed by atoms with Crippen molar-refractivity contribution in [3.8, 4) is 0 Å². The number of aromatic nitrogens is 2. The first kappa shape index (κ1) is 17.4. The van der Waals surface area contributed by atoms with Crippen LogP contribution in [-0.4, -0.2) is 31.0 Å². The van der Waals surface area contributed by atoms with Gasteiger partial charge in [0.15, 0.2) is 15.7 Å².